The van der Waals surface area contributed by atoms with Crippen molar-refractivity contribution in [2.45, 2.75) is 19.3 Å². The summed E-state index contributed by atoms with van der Waals surface area (Å²) in [5.74, 6) is 1.38. The number of carbonyl (C=O) groups excluding carboxylic acids is 1. The van der Waals surface area contributed by atoms with E-state index in [9.17, 15) is 4.79 Å². The molecule has 0 aliphatic carbocycles. The Morgan fingerprint density at radius 2 is 1.52 bits per heavy atom. The zero-order valence-corrected chi connectivity index (χ0v) is 17.5. The first-order valence-corrected chi connectivity index (χ1v) is 10.8. The second-order valence-electron chi connectivity index (χ2n) is 8.02. The lowest BCUT2D eigenvalue weighted by molar-refractivity contribution is -0.134. The van der Waals surface area contributed by atoms with Gasteiger partial charge in [0.15, 0.2) is 6.61 Å². The Bertz CT molecular complexity index is 1030. The lowest BCUT2D eigenvalue weighted by Crippen LogP contribution is -2.41. The van der Waals surface area contributed by atoms with Gasteiger partial charge in [-0.05, 0) is 66.1 Å². The molecule has 3 aromatic carbocycles. The van der Waals surface area contributed by atoms with E-state index in [0.29, 0.717) is 17.2 Å². The number of rotatable bonds is 6. The van der Waals surface area contributed by atoms with E-state index in [1.54, 1.807) is 12.1 Å². The zero-order chi connectivity index (χ0) is 21.5. The average molecular weight is 411 g/mol. The third-order valence-corrected chi connectivity index (χ3v) is 5.90. The van der Waals surface area contributed by atoms with Crippen LogP contribution in [0.5, 0.6) is 5.75 Å². The fourth-order valence-electron chi connectivity index (χ4n) is 4.05. The summed E-state index contributed by atoms with van der Waals surface area (Å²) < 4.78 is 5.74. The van der Waals surface area contributed by atoms with Crippen LogP contribution in [-0.2, 0) is 11.2 Å². The summed E-state index contributed by atoms with van der Waals surface area (Å²) in [6, 6.07) is 27.9. The second kappa shape index (κ2) is 9.95. The second-order valence-corrected chi connectivity index (χ2v) is 8.02. The van der Waals surface area contributed by atoms with E-state index >= 15 is 0 Å². The molecule has 3 aromatic rings. The van der Waals surface area contributed by atoms with Crippen LogP contribution in [0.15, 0.2) is 78.9 Å². The normalized spacial score (nSPS) is 14.1. The first-order valence-electron chi connectivity index (χ1n) is 10.8. The standard InChI is InChI=1S/C27H26N2O2/c28-19-23-6-8-24(9-7-23)25-10-12-26(13-11-25)31-20-27(30)29-16-14-22(15-17-29)18-21-4-2-1-3-5-21/h1-13,22H,14-18,20H2. The molecule has 1 heterocycles. The molecule has 1 aliphatic heterocycles. The maximum Gasteiger partial charge on any atom is 0.260 e. The minimum atomic E-state index is 0.0503. The highest BCUT2D eigenvalue weighted by Crippen LogP contribution is 2.24. The molecule has 0 bridgehead atoms. The lowest BCUT2D eigenvalue weighted by atomic mass is 9.90. The van der Waals surface area contributed by atoms with Gasteiger partial charge in [-0.15, -0.1) is 0 Å². The van der Waals surface area contributed by atoms with Gasteiger partial charge in [0.05, 0.1) is 11.6 Å². The fourth-order valence-corrected chi connectivity index (χ4v) is 4.05. The summed E-state index contributed by atoms with van der Waals surface area (Å²) in [4.78, 5) is 14.5. The van der Waals surface area contributed by atoms with Crippen molar-refractivity contribution >= 4 is 5.91 Å². The zero-order valence-electron chi connectivity index (χ0n) is 17.5. The molecule has 4 heteroatoms. The quantitative estimate of drug-likeness (QED) is 0.569. The minimum absolute atomic E-state index is 0.0503. The molecule has 0 spiro atoms. The number of nitrogens with zero attached hydrogens (tertiary/aromatic N) is 2. The molecule has 31 heavy (non-hydrogen) atoms. The summed E-state index contributed by atoms with van der Waals surface area (Å²) in [5.41, 5.74) is 4.11. The molecule has 1 amide bonds. The number of nitriles is 1. The molecule has 4 nitrogen and oxygen atoms in total. The molecule has 0 aromatic heterocycles. The highest BCUT2D eigenvalue weighted by atomic mass is 16.5. The van der Waals surface area contributed by atoms with Crippen LogP contribution in [0.4, 0.5) is 0 Å². The van der Waals surface area contributed by atoms with E-state index in [1.165, 1.54) is 5.56 Å². The monoisotopic (exact) mass is 410 g/mol. The highest BCUT2D eigenvalue weighted by molar-refractivity contribution is 5.78. The topological polar surface area (TPSA) is 53.3 Å². The molecule has 0 atom stereocenters. The summed E-state index contributed by atoms with van der Waals surface area (Å²) in [6.45, 7) is 1.67. The molecule has 0 unspecified atom stereocenters. The third kappa shape index (κ3) is 5.52. The average Bonchev–Trinajstić information content (AvgIpc) is 2.84. The van der Waals surface area contributed by atoms with Gasteiger partial charge in [-0.3, -0.25) is 4.79 Å². The predicted octanol–water partition coefficient (Wildman–Crippen LogP) is 5.09. The van der Waals surface area contributed by atoms with Crippen molar-refractivity contribution in [2.75, 3.05) is 19.7 Å². The molecule has 0 N–H and O–H groups in total. The van der Waals surface area contributed by atoms with Crippen molar-refractivity contribution in [3.05, 3.63) is 90.0 Å². The molecular formula is C27H26N2O2. The van der Waals surface area contributed by atoms with Crippen LogP contribution in [-0.4, -0.2) is 30.5 Å². The van der Waals surface area contributed by atoms with E-state index in [0.717, 1.165) is 43.5 Å². The number of carbonyl (C=O) groups is 1. The maximum atomic E-state index is 12.6. The van der Waals surface area contributed by atoms with Crippen molar-refractivity contribution in [2.24, 2.45) is 5.92 Å². The van der Waals surface area contributed by atoms with Crippen molar-refractivity contribution in [3.63, 3.8) is 0 Å². The van der Waals surface area contributed by atoms with E-state index in [4.69, 9.17) is 10.00 Å². The molecule has 0 radical (unpaired) electrons. The Balaban J connectivity index is 1.24. The Morgan fingerprint density at radius 1 is 0.903 bits per heavy atom. The van der Waals surface area contributed by atoms with Crippen molar-refractivity contribution < 1.29 is 9.53 Å². The maximum absolute atomic E-state index is 12.6. The van der Waals surface area contributed by atoms with Crippen LogP contribution in [0.3, 0.4) is 0 Å². The minimum Gasteiger partial charge on any atom is -0.484 e. The van der Waals surface area contributed by atoms with Crippen LogP contribution in [0.2, 0.25) is 0 Å². The van der Waals surface area contributed by atoms with E-state index < -0.39 is 0 Å². The number of hydrogen-bond donors (Lipinski definition) is 0. The van der Waals surface area contributed by atoms with Crippen LogP contribution in [0.25, 0.3) is 11.1 Å². The molecule has 156 valence electrons. The molecule has 0 saturated carbocycles. The number of piperidine rings is 1. The fraction of sp³-hybridized carbons (Fsp3) is 0.259. The number of likely N-dealkylation sites (tertiary alicyclic amines) is 1. The number of ether oxygens (including phenoxy) is 1. The highest BCUT2D eigenvalue weighted by Gasteiger charge is 2.23. The van der Waals surface area contributed by atoms with Gasteiger partial charge in [0.1, 0.15) is 5.75 Å². The summed E-state index contributed by atoms with van der Waals surface area (Å²) in [5, 5.41) is 8.91. The van der Waals surface area contributed by atoms with Crippen LogP contribution in [0.1, 0.15) is 24.0 Å². The number of benzene rings is 3. The third-order valence-electron chi connectivity index (χ3n) is 5.90. The number of hydrogen-bond acceptors (Lipinski definition) is 3. The Morgan fingerprint density at radius 3 is 2.13 bits per heavy atom. The van der Waals surface area contributed by atoms with E-state index in [-0.39, 0.29) is 12.5 Å². The Labute approximate surface area is 183 Å². The van der Waals surface area contributed by atoms with Crippen molar-refractivity contribution in [3.8, 4) is 22.9 Å². The van der Waals surface area contributed by atoms with Gasteiger partial charge in [-0.1, -0.05) is 54.6 Å². The van der Waals surface area contributed by atoms with Gasteiger partial charge < -0.3 is 9.64 Å². The SMILES string of the molecule is N#Cc1ccc(-c2ccc(OCC(=O)N3CCC(Cc4ccccc4)CC3)cc2)cc1. The largest absolute Gasteiger partial charge is 0.484 e. The van der Waals surface area contributed by atoms with Gasteiger partial charge in [0.25, 0.3) is 5.91 Å². The smallest absolute Gasteiger partial charge is 0.260 e. The van der Waals surface area contributed by atoms with Gasteiger partial charge in [0, 0.05) is 13.1 Å². The van der Waals surface area contributed by atoms with E-state index in [2.05, 4.69) is 30.3 Å². The number of amides is 1. The van der Waals surface area contributed by atoms with Gasteiger partial charge in [-0.25, -0.2) is 0 Å². The molecule has 1 aliphatic rings. The lowest BCUT2D eigenvalue weighted by Gasteiger charge is -2.32. The van der Waals surface area contributed by atoms with Gasteiger partial charge in [-0.2, -0.15) is 5.26 Å². The van der Waals surface area contributed by atoms with E-state index in [1.807, 2.05) is 47.4 Å². The van der Waals surface area contributed by atoms with Crippen LogP contribution >= 0.6 is 0 Å². The summed E-state index contributed by atoms with van der Waals surface area (Å²) in [6.07, 6.45) is 3.17. The summed E-state index contributed by atoms with van der Waals surface area (Å²) in [7, 11) is 0. The molecule has 1 saturated heterocycles. The molecular weight excluding hydrogens is 384 g/mol. The molecule has 1 fully saturated rings. The van der Waals surface area contributed by atoms with Gasteiger partial charge >= 0.3 is 0 Å². The Hall–Kier alpha value is -3.58. The van der Waals surface area contributed by atoms with Crippen molar-refractivity contribution in [1.82, 2.24) is 4.90 Å². The first-order chi connectivity index (χ1) is 15.2. The van der Waals surface area contributed by atoms with Gasteiger partial charge in [0.2, 0.25) is 0 Å². The Kier molecular flexibility index (Phi) is 6.64. The first kappa shape index (κ1) is 20.7. The molecule has 4 rings (SSSR count). The summed E-state index contributed by atoms with van der Waals surface area (Å²) >= 11 is 0. The van der Waals surface area contributed by atoms with Crippen molar-refractivity contribution in [1.29, 1.82) is 5.26 Å². The predicted molar refractivity (Wildman–Crippen MR) is 122 cm³/mol. The van der Waals surface area contributed by atoms with Crippen LogP contribution < -0.4 is 4.74 Å². The van der Waals surface area contributed by atoms with Crippen LogP contribution in [0, 0.1) is 17.2 Å².